The SMILES string of the molecule is CN1C2CCC1CC(OC(=O)C(Cc1ccccc1)Cc1ccccc1)C2.Cl. The Kier molecular flexibility index (Phi) is 7.14. The first kappa shape index (κ1) is 20.9. The molecule has 2 fully saturated rings. The number of rotatable bonds is 6. The van der Waals surface area contributed by atoms with E-state index in [1.165, 1.54) is 24.0 Å². The van der Waals surface area contributed by atoms with Crippen molar-refractivity contribution in [1.82, 2.24) is 4.90 Å². The zero-order chi connectivity index (χ0) is 18.6. The lowest BCUT2D eigenvalue weighted by atomic mass is 9.92. The highest BCUT2D eigenvalue weighted by molar-refractivity contribution is 5.85. The zero-order valence-electron chi connectivity index (χ0n) is 16.5. The van der Waals surface area contributed by atoms with Gasteiger partial charge in [-0.15, -0.1) is 12.4 Å². The van der Waals surface area contributed by atoms with Gasteiger partial charge < -0.3 is 9.64 Å². The Morgan fingerprint density at radius 2 is 1.39 bits per heavy atom. The van der Waals surface area contributed by atoms with Gasteiger partial charge in [-0.25, -0.2) is 0 Å². The third-order valence-corrected chi connectivity index (χ3v) is 6.32. The molecule has 0 N–H and O–H groups in total. The molecule has 2 heterocycles. The summed E-state index contributed by atoms with van der Waals surface area (Å²) in [4.78, 5) is 15.6. The summed E-state index contributed by atoms with van der Waals surface area (Å²) in [7, 11) is 2.22. The van der Waals surface area contributed by atoms with E-state index in [1.54, 1.807) is 0 Å². The molecule has 2 aromatic rings. The van der Waals surface area contributed by atoms with E-state index < -0.39 is 0 Å². The topological polar surface area (TPSA) is 29.5 Å². The summed E-state index contributed by atoms with van der Waals surface area (Å²) in [6.07, 6.45) is 6.01. The molecule has 2 aliphatic rings. The van der Waals surface area contributed by atoms with Crippen LogP contribution in [-0.4, -0.2) is 36.1 Å². The fourth-order valence-electron chi connectivity index (χ4n) is 4.75. The lowest BCUT2D eigenvalue weighted by Crippen LogP contribution is -2.44. The average molecular weight is 400 g/mol. The molecule has 0 saturated carbocycles. The number of benzene rings is 2. The van der Waals surface area contributed by atoms with Crippen LogP contribution in [0, 0.1) is 5.92 Å². The second-order valence-electron chi connectivity index (χ2n) is 8.16. The van der Waals surface area contributed by atoms with Gasteiger partial charge in [0.1, 0.15) is 6.10 Å². The van der Waals surface area contributed by atoms with Crippen LogP contribution in [0.25, 0.3) is 0 Å². The first-order chi connectivity index (χ1) is 13.2. The molecule has 0 aliphatic carbocycles. The van der Waals surface area contributed by atoms with E-state index in [9.17, 15) is 4.79 Å². The lowest BCUT2D eigenvalue weighted by molar-refractivity contribution is -0.157. The number of fused-ring (bicyclic) bond motifs is 2. The van der Waals surface area contributed by atoms with E-state index in [0.29, 0.717) is 12.1 Å². The molecule has 2 bridgehead atoms. The average Bonchev–Trinajstić information content (AvgIpc) is 2.90. The van der Waals surface area contributed by atoms with Crippen LogP contribution in [0.1, 0.15) is 36.8 Å². The molecule has 0 radical (unpaired) electrons. The number of esters is 1. The minimum absolute atomic E-state index is 0. The number of hydrogen-bond acceptors (Lipinski definition) is 3. The maximum atomic E-state index is 13.1. The van der Waals surface area contributed by atoms with Crippen LogP contribution in [-0.2, 0) is 22.4 Å². The van der Waals surface area contributed by atoms with Crippen molar-refractivity contribution in [3.05, 3.63) is 71.8 Å². The second-order valence-corrected chi connectivity index (χ2v) is 8.16. The molecule has 4 heteroatoms. The van der Waals surface area contributed by atoms with Gasteiger partial charge in [-0.05, 0) is 56.7 Å². The highest BCUT2D eigenvalue weighted by Crippen LogP contribution is 2.36. The summed E-state index contributed by atoms with van der Waals surface area (Å²) in [6.45, 7) is 0. The van der Waals surface area contributed by atoms with Gasteiger partial charge >= 0.3 is 5.97 Å². The van der Waals surface area contributed by atoms with E-state index >= 15 is 0 Å². The van der Waals surface area contributed by atoms with Gasteiger partial charge in [0.25, 0.3) is 0 Å². The summed E-state index contributed by atoms with van der Waals surface area (Å²) < 4.78 is 6.06. The number of carbonyl (C=O) groups is 1. The maximum absolute atomic E-state index is 13.1. The van der Waals surface area contributed by atoms with Crippen molar-refractivity contribution in [1.29, 1.82) is 0 Å². The molecule has 2 saturated heterocycles. The van der Waals surface area contributed by atoms with Crippen LogP contribution in [0.2, 0.25) is 0 Å². The normalized spacial score (nSPS) is 24.0. The van der Waals surface area contributed by atoms with E-state index in [4.69, 9.17) is 4.74 Å². The number of piperidine rings is 1. The monoisotopic (exact) mass is 399 g/mol. The molecule has 2 aromatic carbocycles. The Labute approximate surface area is 174 Å². The highest BCUT2D eigenvalue weighted by atomic mass is 35.5. The van der Waals surface area contributed by atoms with Gasteiger partial charge in [-0.1, -0.05) is 60.7 Å². The molecule has 2 aliphatic heterocycles. The summed E-state index contributed by atoms with van der Waals surface area (Å²) >= 11 is 0. The molecule has 2 unspecified atom stereocenters. The summed E-state index contributed by atoms with van der Waals surface area (Å²) in [5.41, 5.74) is 2.39. The molecule has 3 nitrogen and oxygen atoms in total. The number of halogens is 1. The number of ether oxygens (including phenoxy) is 1. The quantitative estimate of drug-likeness (QED) is 0.660. The number of hydrogen-bond donors (Lipinski definition) is 0. The van der Waals surface area contributed by atoms with Gasteiger partial charge in [0, 0.05) is 12.1 Å². The predicted octanol–water partition coefficient (Wildman–Crippen LogP) is 4.68. The van der Waals surface area contributed by atoms with Crippen LogP contribution in [0.5, 0.6) is 0 Å². The summed E-state index contributed by atoms with van der Waals surface area (Å²) in [6, 6.07) is 21.7. The Balaban J connectivity index is 0.00000225. The fourth-order valence-corrected chi connectivity index (χ4v) is 4.75. The smallest absolute Gasteiger partial charge is 0.309 e. The van der Waals surface area contributed by atoms with Crippen LogP contribution in [0.4, 0.5) is 0 Å². The fraction of sp³-hybridized carbons (Fsp3) is 0.458. The molecule has 2 atom stereocenters. The van der Waals surface area contributed by atoms with Gasteiger partial charge in [0.2, 0.25) is 0 Å². The van der Waals surface area contributed by atoms with E-state index in [1.807, 2.05) is 36.4 Å². The third kappa shape index (κ3) is 4.95. The van der Waals surface area contributed by atoms with Crippen molar-refractivity contribution >= 4 is 18.4 Å². The van der Waals surface area contributed by atoms with Crippen molar-refractivity contribution in [3.8, 4) is 0 Å². The number of carbonyl (C=O) groups excluding carboxylic acids is 1. The first-order valence-corrected chi connectivity index (χ1v) is 10.2. The Morgan fingerprint density at radius 3 is 1.86 bits per heavy atom. The van der Waals surface area contributed by atoms with Crippen molar-refractivity contribution in [3.63, 3.8) is 0 Å². The van der Waals surface area contributed by atoms with Gasteiger partial charge in [0.15, 0.2) is 0 Å². The Bertz CT molecular complexity index is 696. The van der Waals surface area contributed by atoms with Crippen LogP contribution in [0.15, 0.2) is 60.7 Å². The van der Waals surface area contributed by atoms with Crippen molar-refractivity contribution in [2.75, 3.05) is 7.05 Å². The Morgan fingerprint density at radius 1 is 0.929 bits per heavy atom. The lowest BCUT2D eigenvalue weighted by Gasteiger charge is -2.36. The maximum Gasteiger partial charge on any atom is 0.309 e. The molecule has 150 valence electrons. The largest absolute Gasteiger partial charge is 0.462 e. The molecule has 0 amide bonds. The van der Waals surface area contributed by atoms with Gasteiger partial charge in [-0.3, -0.25) is 4.79 Å². The highest BCUT2D eigenvalue weighted by Gasteiger charge is 2.40. The van der Waals surface area contributed by atoms with Crippen molar-refractivity contribution in [2.45, 2.75) is 56.7 Å². The van der Waals surface area contributed by atoms with E-state index in [-0.39, 0.29) is 30.4 Å². The van der Waals surface area contributed by atoms with Gasteiger partial charge in [0.05, 0.1) is 5.92 Å². The minimum atomic E-state index is -0.132. The van der Waals surface area contributed by atoms with Gasteiger partial charge in [-0.2, -0.15) is 0 Å². The molecular formula is C24H30ClNO2. The molecule has 4 rings (SSSR count). The van der Waals surface area contributed by atoms with E-state index in [0.717, 1.165) is 25.7 Å². The van der Waals surface area contributed by atoms with Crippen molar-refractivity contribution in [2.24, 2.45) is 5.92 Å². The van der Waals surface area contributed by atoms with Crippen LogP contribution < -0.4 is 0 Å². The second kappa shape index (κ2) is 9.58. The molecule has 28 heavy (non-hydrogen) atoms. The van der Waals surface area contributed by atoms with Crippen LogP contribution >= 0.6 is 12.4 Å². The van der Waals surface area contributed by atoms with E-state index in [2.05, 4.69) is 36.2 Å². The summed E-state index contributed by atoms with van der Waals surface area (Å²) in [5, 5.41) is 0. The van der Waals surface area contributed by atoms with Crippen molar-refractivity contribution < 1.29 is 9.53 Å². The van der Waals surface area contributed by atoms with Crippen LogP contribution in [0.3, 0.4) is 0 Å². The minimum Gasteiger partial charge on any atom is -0.462 e. The zero-order valence-corrected chi connectivity index (χ0v) is 17.3. The Hall–Kier alpha value is -1.84. The molecule has 0 aromatic heterocycles. The number of nitrogens with zero attached hydrogens (tertiary/aromatic N) is 1. The predicted molar refractivity (Wildman–Crippen MR) is 115 cm³/mol. The first-order valence-electron chi connectivity index (χ1n) is 10.2. The molecule has 0 spiro atoms. The summed E-state index contributed by atoms with van der Waals surface area (Å²) in [5.74, 6) is -0.163. The molecular weight excluding hydrogens is 370 g/mol. The standard InChI is InChI=1S/C24H29NO2.ClH/c1-25-21-12-13-22(25)17-23(16-21)27-24(26)20(14-18-8-4-2-5-9-18)15-19-10-6-3-7-11-19;/h2-11,20-23H,12-17H2,1H3;1H. The third-order valence-electron chi connectivity index (χ3n) is 6.32.